The third kappa shape index (κ3) is 6.06. The molecule has 4 nitrogen and oxygen atoms in total. The molecule has 0 saturated heterocycles. The number of benzene rings is 3. The zero-order chi connectivity index (χ0) is 21.5. The van der Waals surface area contributed by atoms with E-state index in [-0.39, 0.29) is 12.4 Å². The summed E-state index contributed by atoms with van der Waals surface area (Å²) in [6.07, 6.45) is 6.58. The van der Waals surface area contributed by atoms with Crippen molar-refractivity contribution < 1.29 is 27.6 Å². The number of carboxylic acids is 1. The molecule has 0 fully saturated rings. The van der Waals surface area contributed by atoms with Crippen LogP contribution in [0.25, 0.3) is 21.8 Å². The Labute approximate surface area is 195 Å². The van der Waals surface area contributed by atoms with E-state index >= 15 is 0 Å². The van der Waals surface area contributed by atoms with E-state index in [4.69, 9.17) is 10.1 Å². The van der Waals surface area contributed by atoms with Crippen LogP contribution in [0.2, 0.25) is 0 Å². The Morgan fingerprint density at radius 1 is 0.750 bits per heavy atom. The van der Waals surface area contributed by atoms with Gasteiger partial charge in [0.15, 0.2) is 5.69 Å². The second-order valence-electron chi connectivity index (χ2n) is 8.11. The van der Waals surface area contributed by atoms with E-state index in [1.54, 1.807) is 0 Å². The maximum atomic E-state index is 10.5. The molecular formula is C27H29ClN2O2. The number of rotatable bonds is 10. The van der Waals surface area contributed by atoms with Crippen LogP contribution in [-0.2, 0) is 11.2 Å². The van der Waals surface area contributed by atoms with E-state index in [1.165, 1.54) is 27.7 Å². The van der Waals surface area contributed by atoms with E-state index < -0.39 is 5.97 Å². The van der Waals surface area contributed by atoms with Gasteiger partial charge in [-0.3, -0.25) is 10.1 Å². The molecule has 0 aliphatic carbocycles. The molecule has 0 spiro atoms. The summed E-state index contributed by atoms with van der Waals surface area (Å²) in [6, 6.07) is 25.5. The first kappa shape index (κ1) is 23.7. The summed E-state index contributed by atoms with van der Waals surface area (Å²) in [6.45, 7) is 0. The first-order chi connectivity index (χ1) is 15.2. The lowest BCUT2D eigenvalue weighted by Crippen LogP contribution is -3.00. The summed E-state index contributed by atoms with van der Waals surface area (Å²) in [5.41, 5.74) is 5.81. The molecule has 0 amide bonds. The molecule has 3 N–H and O–H groups in total. The van der Waals surface area contributed by atoms with Crippen LogP contribution in [0.1, 0.15) is 44.1 Å². The second kappa shape index (κ2) is 11.6. The highest BCUT2D eigenvalue weighted by Crippen LogP contribution is 2.27. The second-order valence-corrected chi connectivity index (χ2v) is 8.11. The normalized spacial score (nSPS) is 10.9. The topological polar surface area (TPSA) is 66.8 Å². The van der Waals surface area contributed by atoms with Crippen LogP contribution >= 0.6 is 0 Å². The van der Waals surface area contributed by atoms with Crippen LogP contribution in [0.3, 0.4) is 0 Å². The highest BCUT2D eigenvalue weighted by Gasteiger charge is 2.13. The predicted octanol–water partition coefficient (Wildman–Crippen LogP) is 2.89. The number of nitrogens with two attached hydrogens (primary N) is 1. The highest BCUT2D eigenvalue weighted by molar-refractivity contribution is 6.03. The highest BCUT2D eigenvalue weighted by atomic mass is 35.5. The van der Waals surface area contributed by atoms with Gasteiger partial charge in [-0.2, -0.15) is 0 Å². The van der Waals surface area contributed by atoms with E-state index in [0.717, 1.165) is 49.6 Å². The zero-order valence-corrected chi connectivity index (χ0v) is 18.9. The first-order valence-electron chi connectivity index (χ1n) is 11.1. The molecule has 4 aromatic rings. The fourth-order valence-corrected chi connectivity index (χ4v) is 4.11. The van der Waals surface area contributed by atoms with Crippen LogP contribution in [0, 0.1) is 0 Å². The third-order valence-corrected chi connectivity index (χ3v) is 5.78. The summed E-state index contributed by atoms with van der Waals surface area (Å²) < 4.78 is 0. The van der Waals surface area contributed by atoms with Gasteiger partial charge >= 0.3 is 5.97 Å². The van der Waals surface area contributed by atoms with Crippen molar-refractivity contribution in [1.82, 2.24) is 4.98 Å². The zero-order valence-electron chi connectivity index (χ0n) is 18.1. The van der Waals surface area contributed by atoms with Gasteiger partial charge in [0.2, 0.25) is 0 Å². The molecule has 3 aromatic carbocycles. The van der Waals surface area contributed by atoms with Crippen molar-refractivity contribution in [3.63, 3.8) is 0 Å². The van der Waals surface area contributed by atoms with Gasteiger partial charge in [0, 0.05) is 6.42 Å². The number of aromatic nitrogens is 1. The van der Waals surface area contributed by atoms with Crippen LogP contribution < -0.4 is 17.7 Å². The molecule has 0 bridgehead atoms. The molecule has 0 saturated carbocycles. The van der Waals surface area contributed by atoms with Gasteiger partial charge in [-0.25, -0.2) is 4.98 Å². The van der Waals surface area contributed by atoms with Crippen LogP contribution in [0.15, 0.2) is 72.8 Å². The molecule has 0 atom stereocenters. The van der Waals surface area contributed by atoms with Crippen LogP contribution in [-0.4, -0.2) is 16.1 Å². The number of quaternary nitrogens is 1. The fraction of sp³-hybridized carbons (Fsp3) is 0.259. The molecule has 32 heavy (non-hydrogen) atoms. The molecule has 1 aromatic heterocycles. The molecule has 166 valence electrons. The number of pyridine rings is 1. The molecule has 0 aliphatic heterocycles. The Morgan fingerprint density at radius 2 is 1.31 bits per heavy atom. The Bertz CT molecular complexity index is 1120. The predicted molar refractivity (Wildman–Crippen MR) is 126 cm³/mol. The number of nitrogens with zero attached hydrogens (tertiary/aromatic N) is 1. The van der Waals surface area contributed by atoms with Crippen LogP contribution in [0.4, 0.5) is 11.4 Å². The maximum Gasteiger partial charge on any atom is 0.303 e. The summed E-state index contributed by atoms with van der Waals surface area (Å²) in [5, 5.41) is 13.3. The molecule has 0 radical (unpaired) electrons. The number of halogens is 1. The maximum absolute atomic E-state index is 10.5. The number of hydrogen-bond donors (Lipinski definition) is 2. The number of hydrogen-bond acceptors (Lipinski definition) is 2. The molecule has 5 heteroatoms. The van der Waals surface area contributed by atoms with E-state index in [1.807, 2.05) is 12.1 Å². The van der Waals surface area contributed by atoms with Gasteiger partial charge in [-0.05, 0) is 61.2 Å². The quantitative estimate of drug-likeness (QED) is 0.223. The number of fused-ring (bicyclic) bond motifs is 2. The standard InChI is InChI=1S/C27H28N2O2.ClH/c30-26(31)15-5-3-1-2-4-10-20-16-18-21(19-17-20)28-27-22-11-6-8-13-24(22)29-25-14-9-7-12-23(25)27;/h6-9,11-14,16-19H,1-5,10,15H2,(H,28,29)(H,30,31);1H. The van der Waals surface area contributed by atoms with Crippen molar-refractivity contribution in [2.24, 2.45) is 0 Å². The minimum Gasteiger partial charge on any atom is -1.00 e. The van der Waals surface area contributed by atoms with Gasteiger partial charge < -0.3 is 17.5 Å². The minimum absolute atomic E-state index is 0. The summed E-state index contributed by atoms with van der Waals surface area (Å²) in [5.74, 6) is -0.690. The van der Waals surface area contributed by atoms with Crippen molar-refractivity contribution >= 4 is 39.1 Å². The number of carboxylic acid groups (broad SMARTS) is 1. The van der Waals surface area contributed by atoms with Crippen molar-refractivity contribution in [3.05, 3.63) is 78.4 Å². The third-order valence-electron chi connectivity index (χ3n) is 5.78. The largest absolute Gasteiger partial charge is 1.00 e. The summed E-state index contributed by atoms with van der Waals surface area (Å²) in [7, 11) is 0. The molecule has 0 unspecified atom stereocenters. The van der Waals surface area contributed by atoms with Gasteiger partial charge in [-0.1, -0.05) is 55.7 Å². The summed E-state index contributed by atoms with van der Waals surface area (Å²) >= 11 is 0. The van der Waals surface area contributed by atoms with E-state index in [2.05, 4.69) is 66.0 Å². The average molecular weight is 449 g/mol. The number of carbonyl (C=O) groups is 1. The van der Waals surface area contributed by atoms with Gasteiger partial charge in [0.05, 0.1) is 21.8 Å². The lowest BCUT2D eigenvalue weighted by atomic mass is 10.0. The Hall–Kier alpha value is -2.95. The first-order valence-corrected chi connectivity index (χ1v) is 11.1. The van der Waals surface area contributed by atoms with Crippen LogP contribution in [0.5, 0.6) is 0 Å². The molecule has 0 aliphatic rings. The van der Waals surface area contributed by atoms with Crippen molar-refractivity contribution in [2.75, 3.05) is 0 Å². The molecule has 1 heterocycles. The lowest BCUT2D eigenvalue weighted by Gasteiger charge is -2.09. The molecule has 4 rings (SSSR count). The average Bonchev–Trinajstić information content (AvgIpc) is 2.79. The SMILES string of the molecule is O=C(O)CCCCCCCc1ccc([NH2+]c2c3ccccc3nc3ccccc23)cc1.[Cl-]. The molecular weight excluding hydrogens is 420 g/mol. The van der Waals surface area contributed by atoms with Crippen molar-refractivity contribution in [3.8, 4) is 0 Å². The summed E-state index contributed by atoms with van der Waals surface area (Å²) in [4.78, 5) is 15.4. The smallest absolute Gasteiger partial charge is 0.303 e. The van der Waals surface area contributed by atoms with Gasteiger partial charge in [0.25, 0.3) is 0 Å². The fourth-order valence-electron chi connectivity index (χ4n) is 4.11. The lowest BCUT2D eigenvalue weighted by molar-refractivity contribution is -0.475. The number of unbranched alkanes of at least 4 members (excludes halogenated alkanes) is 4. The minimum atomic E-state index is -0.690. The number of aryl methyl sites for hydroxylation is 1. The van der Waals surface area contributed by atoms with Gasteiger partial charge in [0.1, 0.15) is 5.69 Å². The van der Waals surface area contributed by atoms with E-state index in [0.29, 0.717) is 6.42 Å². The Balaban J connectivity index is 0.00000289. The van der Waals surface area contributed by atoms with Gasteiger partial charge in [-0.15, -0.1) is 0 Å². The Kier molecular flexibility index (Phi) is 8.60. The Morgan fingerprint density at radius 3 is 1.94 bits per heavy atom. The van der Waals surface area contributed by atoms with E-state index in [9.17, 15) is 4.79 Å². The monoisotopic (exact) mass is 448 g/mol. The van der Waals surface area contributed by atoms with Crippen molar-refractivity contribution in [2.45, 2.75) is 44.9 Å². The van der Waals surface area contributed by atoms with Crippen molar-refractivity contribution in [1.29, 1.82) is 0 Å². The number of para-hydroxylation sites is 2. The number of aliphatic carboxylic acids is 1.